The molecule has 1 heterocycles. The zero-order chi connectivity index (χ0) is 36.1. The number of aliphatic hydroxyl groups excluding tert-OH is 6. The molecular formula is C39H73NO9. The molecular weight excluding hydrogens is 626 g/mol. The molecule has 1 aliphatic rings. The van der Waals surface area contributed by atoms with Crippen LogP contribution in [0.15, 0.2) is 24.3 Å². The lowest BCUT2D eigenvalue weighted by Crippen LogP contribution is -2.60. The first kappa shape index (κ1) is 45.7. The van der Waals surface area contributed by atoms with Gasteiger partial charge in [0, 0.05) is 0 Å². The van der Waals surface area contributed by atoms with Crippen molar-refractivity contribution >= 4 is 5.91 Å². The zero-order valence-corrected chi connectivity index (χ0v) is 30.8. The minimum atomic E-state index is -1.61. The third kappa shape index (κ3) is 21.6. The number of nitrogens with one attached hydrogen (secondary N) is 1. The van der Waals surface area contributed by atoms with Crippen molar-refractivity contribution in [3.05, 3.63) is 24.3 Å². The predicted molar refractivity (Wildman–Crippen MR) is 195 cm³/mol. The monoisotopic (exact) mass is 700 g/mol. The first-order chi connectivity index (χ1) is 23.8. The van der Waals surface area contributed by atoms with Crippen LogP contribution < -0.4 is 5.32 Å². The Kier molecular flexibility index (Phi) is 28.2. The Hall–Kier alpha value is -1.37. The van der Waals surface area contributed by atoms with Crippen molar-refractivity contribution in [2.45, 2.75) is 204 Å². The highest BCUT2D eigenvalue weighted by atomic mass is 16.7. The van der Waals surface area contributed by atoms with Gasteiger partial charge < -0.3 is 45.4 Å². The quantitative estimate of drug-likeness (QED) is 0.0352. The van der Waals surface area contributed by atoms with Gasteiger partial charge in [-0.3, -0.25) is 4.79 Å². The smallest absolute Gasteiger partial charge is 0.249 e. The van der Waals surface area contributed by atoms with Crippen LogP contribution in [0.3, 0.4) is 0 Å². The SMILES string of the molecule is CCCCCCCCCC=CCCC=CC(O)C(COC1OC(CO)C(O)C(O)C1O)NC(=O)C(O)CCCCCCCCCCCCC. The molecule has 0 aromatic heterocycles. The van der Waals surface area contributed by atoms with E-state index in [0.717, 1.165) is 32.1 Å². The molecule has 0 aromatic carbocycles. The molecule has 0 aromatic rings. The topological polar surface area (TPSA) is 169 Å². The number of hydrogen-bond donors (Lipinski definition) is 7. The van der Waals surface area contributed by atoms with Crippen molar-refractivity contribution in [1.29, 1.82) is 0 Å². The van der Waals surface area contributed by atoms with E-state index in [0.29, 0.717) is 19.3 Å². The highest BCUT2D eigenvalue weighted by molar-refractivity contribution is 5.80. The Morgan fingerprint density at radius 1 is 0.694 bits per heavy atom. The van der Waals surface area contributed by atoms with E-state index in [2.05, 4.69) is 31.3 Å². The van der Waals surface area contributed by atoms with Crippen molar-refractivity contribution < 1.29 is 44.9 Å². The van der Waals surface area contributed by atoms with Gasteiger partial charge in [0.1, 0.15) is 30.5 Å². The summed E-state index contributed by atoms with van der Waals surface area (Å²) < 4.78 is 11.1. The van der Waals surface area contributed by atoms with Crippen LogP contribution in [0.4, 0.5) is 0 Å². The molecule has 49 heavy (non-hydrogen) atoms. The summed E-state index contributed by atoms with van der Waals surface area (Å²) in [5, 5.41) is 64.2. The molecule has 1 amide bonds. The number of rotatable bonds is 31. The Labute approximate surface area is 297 Å². The second-order valence-electron chi connectivity index (χ2n) is 13.9. The average Bonchev–Trinajstić information content (AvgIpc) is 3.10. The normalized spacial score (nSPS) is 23.3. The largest absolute Gasteiger partial charge is 0.394 e. The van der Waals surface area contributed by atoms with Crippen molar-refractivity contribution in [3.63, 3.8) is 0 Å². The molecule has 10 nitrogen and oxygen atoms in total. The highest BCUT2D eigenvalue weighted by Crippen LogP contribution is 2.22. The van der Waals surface area contributed by atoms with E-state index >= 15 is 0 Å². The minimum Gasteiger partial charge on any atom is -0.394 e. The fraction of sp³-hybridized carbons (Fsp3) is 0.872. The average molecular weight is 700 g/mol. The van der Waals surface area contributed by atoms with Gasteiger partial charge in [-0.2, -0.15) is 0 Å². The Balaban J connectivity index is 2.56. The number of hydrogen-bond acceptors (Lipinski definition) is 9. The first-order valence-corrected chi connectivity index (χ1v) is 19.7. The molecule has 0 aliphatic carbocycles. The minimum absolute atomic E-state index is 0.306. The Morgan fingerprint density at radius 3 is 1.78 bits per heavy atom. The molecule has 10 heteroatoms. The number of aliphatic hydroxyl groups is 6. The molecule has 1 rings (SSSR count). The Morgan fingerprint density at radius 2 is 1.20 bits per heavy atom. The number of amides is 1. The van der Waals surface area contributed by atoms with E-state index in [1.165, 1.54) is 89.9 Å². The van der Waals surface area contributed by atoms with Crippen molar-refractivity contribution in [1.82, 2.24) is 5.32 Å². The molecule has 1 aliphatic heterocycles. The molecule has 7 N–H and O–H groups in total. The van der Waals surface area contributed by atoms with Gasteiger partial charge in [-0.25, -0.2) is 0 Å². The van der Waals surface area contributed by atoms with Crippen LogP contribution in [-0.4, -0.2) is 98.7 Å². The highest BCUT2D eigenvalue weighted by Gasteiger charge is 2.44. The predicted octanol–water partition coefficient (Wildman–Crippen LogP) is 5.74. The summed E-state index contributed by atoms with van der Waals surface area (Å²) in [6, 6.07) is -0.990. The van der Waals surface area contributed by atoms with Gasteiger partial charge in [0.25, 0.3) is 0 Å². The number of allylic oxidation sites excluding steroid dienone is 3. The second kappa shape index (κ2) is 30.3. The van der Waals surface area contributed by atoms with Crippen LogP contribution in [-0.2, 0) is 14.3 Å². The van der Waals surface area contributed by atoms with Crippen molar-refractivity contribution in [2.24, 2.45) is 0 Å². The van der Waals surface area contributed by atoms with Crippen LogP contribution in [0.2, 0.25) is 0 Å². The lowest BCUT2D eigenvalue weighted by Gasteiger charge is -2.40. The third-order valence-corrected chi connectivity index (χ3v) is 9.39. The summed E-state index contributed by atoms with van der Waals surface area (Å²) in [6.07, 6.45) is 22.7. The van der Waals surface area contributed by atoms with E-state index in [-0.39, 0.29) is 6.61 Å². The standard InChI is InChI=1S/C39H73NO9/c1-3-5-7-9-11-13-15-16-18-19-21-23-25-27-32(42)31(30-48-39-37(46)36(45)35(44)34(29-41)49-39)40-38(47)33(43)28-26-24-22-20-17-14-12-10-8-6-4-2/h18-19,25,27,31-37,39,41-46H,3-17,20-24,26,28-30H2,1-2H3,(H,40,47). The van der Waals surface area contributed by atoms with Gasteiger partial charge in [0.2, 0.25) is 5.91 Å². The first-order valence-electron chi connectivity index (χ1n) is 19.7. The summed E-state index contributed by atoms with van der Waals surface area (Å²) >= 11 is 0. The molecule has 0 saturated carbocycles. The summed E-state index contributed by atoms with van der Waals surface area (Å²) in [5.74, 6) is -0.629. The van der Waals surface area contributed by atoms with Crippen LogP contribution in [0.25, 0.3) is 0 Å². The fourth-order valence-corrected chi connectivity index (χ4v) is 6.06. The number of carbonyl (C=O) groups is 1. The molecule has 8 unspecified atom stereocenters. The summed E-state index contributed by atoms with van der Waals surface area (Å²) in [7, 11) is 0. The molecule has 1 fully saturated rings. The van der Waals surface area contributed by atoms with Crippen LogP contribution in [0, 0.1) is 0 Å². The van der Waals surface area contributed by atoms with Gasteiger partial charge in [-0.15, -0.1) is 0 Å². The summed E-state index contributed by atoms with van der Waals surface area (Å²) in [5.41, 5.74) is 0. The maximum Gasteiger partial charge on any atom is 0.249 e. The van der Waals surface area contributed by atoms with Gasteiger partial charge in [0.05, 0.1) is 25.4 Å². The number of carbonyl (C=O) groups excluding carboxylic acids is 1. The zero-order valence-electron chi connectivity index (χ0n) is 30.8. The van der Waals surface area contributed by atoms with Gasteiger partial charge >= 0.3 is 0 Å². The number of unbranched alkanes of at least 4 members (excludes halogenated alkanes) is 18. The fourth-order valence-electron chi connectivity index (χ4n) is 6.06. The van der Waals surface area contributed by atoms with Crippen molar-refractivity contribution in [3.8, 4) is 0 Å². The van der Waals surface area contributed by atoms with Crippen LogP contribution in [0.5, 0.6) is 0 Å². The van der Waals surface area contributed by atoms with E-state index in [4.69, 9.17) is 9.47 Å². The Bertz CT molecular complexity index is 839. The van der Waals surface area contributed by atoms with E-state index in [1.54, 1.807) is 6.08 Å². The van der Waals surface area contributed by atoms with E-state index in [1.807, 2.05) is 6.08 Å². The van der Waals surface area contributed by atoms with Gasteiger partial charge in [0.15, 0.2) is 6.29 Å². The maximum atomic E-state index is 12.9. The van der Waals surface area contributed by atoms with Crippen LogP contribution >= 0.6 is 0 Å². The van der Waals surface area contributed by atoms with Crippen LogP contribution in [0.1, 0.15) is 155 Å². The number of ether oxygens (including phenoxy) is 2. The molecule has 0 spiro atoms. The molecule has 0 bridgehead atoms. The lowest BCUT2D eigenvalue weighted by molar-refractivity contribution is -0.302. The van der Waals surface area contributed by atoms with Gasteiger partial charge in [-0.1, -0.05) is 147 Å². The molecule has 288 valence electrons. The molecule has 8 atom stereocenters. The summed E-state index contributed by atoms with van der Waals surface area (Å²) in [6.45, 7) is 3.53. The maximum absolute atomic E-state index is 12.9. The summed E-state index contributed by atoms with van der Waals surface area (Å²) in [4.78, 5) is 12.9. The van der Waals surface area contributed by atoms with E-state index < -0.39 is 61.5 Å². The van der Waals surface area contributed by atoms with Gasteiger partial charge in [-0.05, 0) is 32.1 Å². The lowest BCUT2D eigenvalue weighted by atomic mass is 9.99. The van der Waals surface area contributed by atoms with E-state index in [9.17, 15) is 35.4 Å². The molecule has 1 saturated heterocycles. The third-order valence-electron chi connectivity index (χ3n) is 9.39. The van der Waals surface area contributed by atoms with Crippen molar-refractivity contribution in [2.75, 3.05) is 13.2 Å². The second-order valence-corrected chi connectivity index (χ2v) is 13.9. The molecule has 0 radical (unpaired) electrons.